The van der Waals surface area contributed by atoms with E-state index >= 15 is 0 Å². The summed E-state index contributed by atoms with van der Waals surface area (Å²) in [6.07, 6.45) is 1.88. The zero-order chi connectivity index (χ0) is 35.3. The average Bonchev–Trinajstić information content (AvgIpc) is 3.71. The van der Waals surface area contributed by atoms with Crippen molar-refractivity contribution in [2.24, 2.45) is 0 Å². The number of aryl methyl sites for hydroxylation is 1. The van der Waals surface area contributed by atoms with Crippen LogP contribution in [0.15, 0.2) is 140 Å². The van der Waals surface area contributed by atoms with Gasteiger partial charge in [0, 0.05) is 61.3 Å². The molecule has 1 aliphatic rings. The first kappa shape index (κ1) is 34.4. The van der Waals surface area contributed by atoms with Crippen LogP contribution >= 0.6 is 0 Å². The summed E-state index contributed by atoms with van der Waals surface area (Å²) >= 11 is 0. The van der Waals surface area contributed by atoms with Crippen molar-refractivity contribution in [2.45, 2.75) is 26.7 Å². The molecule has 0 bridgehead atoms. The van der Waals surface area contributed by atoms with E-state index in [1.807, 2.05) is 43.2 Å². The van der Waals surface area contributed by atoms with Crippen molar-refractivity contribution in [1.82, 2.24) is 9.55 Å². The first-order valence-corrected chi connectivity index (χ1v) is 17.4. The van der Waals surface area contributed by atoms with E-state index in [0.29, 0.717) is 17.4 Å². The molecule has 8 aromatic rings. The van der Waals surface area contributed by atoms with Crippen LogP contribution in [0.5, 0.6) is 11.5 Å². The number of rotatable bonds is 7. The standard InChI is InChI=1S/C46H34FN4O.Pt/c1-30(2)32-22-23-48-46(26-32)51-42-13-7-6-12-40(42)41-21-20-37(28-45(41)51)52-38-25-33(39-11-5-4-10-31(39)3)24-36(27-38)50-29-49(35-18-16-34(47)17-19-35)43-14-8-9-15-44(43)50;/h4-26,29-30H,1-3H3;/q-3;. The van der Waals surface area contributed by atoms with E-state index in [0.717, 1.165) is 67.1 Å². The molecule has 0 aliphatic carbocycles. The quantitative estimate of drug-likeness (QED) is 0.149. The second-order valence-electron chi connectivity index (χ2n) is 13.4. The molecule has 0 spiro atoms. The number of ether oxygens (including phenoxy) is 1. The predicted molar refractivity (Wildman–Crippen MR) is 208 cm³/mol. The topological polar surface area (TPSA) is 33.5 Å². The third-order valence-electron chi connectivity index (χ3n) is 9.72. The van der Waals surface area contributed by atoms with Crippen molar-refractivity contribution in [1.29, 1.82) is 0 Å². The van der Waals surface area contributed by atoms with Gasteiger partial charge in [-0.15, -0.1) is 53.6 Å². The van der Waals surface area contributed by atoms with Gasteiger partial charge in [-0.05, 0) is 89.5 Å². The number of benzene rings is 6. The normalized spacial score (nSPS) is 12.4. The largest absolute Gasteiger partial charge is 0.509 e. The number of halogens is 1. The Bertz CT molecular complexity index is 2620. The summed E-state index contributed by atoms with van der Waals surface area (Å²) in [7, 11) is 0. The molecule has 264 valence electrons. The molecule has 1 aliphatic heterocycles. The molecule has 0 unspecified atom stereocenters. The van der Waals surface area contributed by atoms with Gasteiger partial charge in [-0.1, -0.05) is 74.0 Å². The van der Waals surface area contributed by atoms with E-state index in [1.165, 1.54) is 17.7 Å². The van der Waals surface area contributed by atoms with Crippen LogP contribution in [-0.2, 0) is 21.1 Å². The summed E-state index contributed by atoms with van der Waals surface area (Å²) in [6, 6.07) is 51.1. The molecular formula is C46H34FN4OPt-3. The van der Waals surface area contributed by atoms with Crippen molar-refractivity contribution in [3.63, 3.8) is 0 Å². The molecular weight excluding hydrogens is 839 g/mol. The molecule has 7 heteroatoms. The first-order chi connectivity index (χ1) is 25.4. The molecule has 0 atom stereocenters. The molecule has 0 radical (unpaired) electrons. The number of pyridine rings is 1. The molecule has 0 saturated heterocycles. The summed E-state index contributed by atoms with van der Waals surface area (Å²) < 4.78 is 22.8. The Balaban J connectivity index is 0.00000400. The maximum atomic E-state index is 13.9. The molecule has 9 rings (SSSR count). The van der Waals surface area contributed by atoms with Gasteiger partial charge in [-0.3, -0.25) is 0 Å². The molecule has 0 amide bonds. The smallest absolute Gasteiger partial charge is 0.135 e. The van der Waals surface area contributed by atoms with Crippen molar-refractivity contribution < 1.29 is 30.2 Å². The van der Waals surface area contributed by atoms with E-state index in [4.69, 9.17) is 9.72 Å². The molecule has 53 heavy (non-hydrogen) atoms. The Labute approximate surface area is 323 Å². The minimum absolute atomic E-state index is 0. The molecule has 3 heterocycles. The van der Waals surface area contributed by atoms with Gasteiger partial charge in [0.25, 0.3) is 0 Å². The maximum absolute atomic E-state index is 13.9. The molecule has 6 aromatic carbocycles. The van der Waals surface area contributed by atoms with Crippen LogP contribution in [0, 0.1) is 31.5 Å². The van der Waals surface area contributed by atoms with Gasteiger partial charge in [0.2, 0.25) is 0 Å². The minimum Gasteiger partial charge on any atom is -0.509 e. The SMILES string of the molecule is Cc1ccccc1-c1cc(Oc2[c-]c3c(cc2)c2ccccc2n3-c2cc(C(C)C)ccn2)[c-]c(N2[CH-]N(c3ccc(F)cc3)c3ccccc32)c1.[Pt]. The number of fused-ring (bicyclic) bond motifs is 4. The summed E-state index contributed by atoms with van der Waals surface area (Å²) in [4.78, 5) is 8.97. The second kappa shape index (κ2) is 14.0. The van der Waals surface area contributed by atoms with Crippen LogP contribution in [-0.4, -0.2) is 9.55 Å². The third-order valence-corrected chi connectivity index (χ3v) is 9.72. The van der Waals surface area contributed by atoms with Crippen molar-refractivity contribution in [2.75, 3.05) is 9.80 Å². The second-order valence-corrected chi connectivity index (χ2v) is 13.4. The number of para-hydroxylation sites is 3. The predicted octanol–water partition coefficient (Wildman–Crippen LogP) is 12.2. The zero-order valence-electron chi connectivity index (χ0n) is 29.3. The fourth-order valence-corrected chi connectivity index (χ4v) is 7.08. The summed E-state index contributed by atoms with van der Waals surface area (Å²) in [5.74, 6) is 2.06. The van der Waals surface area contributed by atoms with Crippen LogP contribution in [0.25, 0.3) is 38.8 Å². The first-order valence-electron chi connectivity index (χ1n) is 17.4. The zero-order valence-corrected chi connectivity index (χ0v) is 31.6. The number of anilines is 4. The van der Waals surface area contributed by atoms with Gasteiger partial charge in [0.15, 0.2) is 0 Å². The van der Waals surface area contributed by atoms with Gasteiger partial charge >= 0.3 is 0 Å². The van der Waals surface area contributed by atoms with E-state index in [-0.39, 0.29) is 26.9 Å². The number of nitrogens with zero attached hydrogens (tertiary/aromatic N) is 4. The fourth-order valence-electron chi connectivity index (χ4n) is 7.08. The number of hydrogen-bond acceptors (Lipinski definition) is 4. The van der Waals surface area contributed by atoms with E-state index in [9.17, 15) is 4.39 Å². The van der Waals surface area contributed by atoms with Crippen LogP contribution in [0.1, 0.15) is 30.9 Å². The Morgan fingerprint density at radius 3 is 2.25 bits per heavy atom. The minimum atomic E-state index is -0.273. The Morgan fingerprint density at radius 2 is 1.45 bits per heavy atom. The van der Waals surface area contributed by atoms with E-state index in [2.05, 4.69) is 126 Å². The monoisotopic (exact) mass is 872 g/mol. The van der Waals surface area contributed by atoms with Crippen molar-refractivity contribution in [3.8, 4) is 28.4 Å². The van der Waals surface area contributed by atoms with Gasteiger partial charge in [0.1, 0.15) is 11.6 Å². The Morgan fingerprint density at radius 1 is 0.717 bits per heavy atom. The van der Waals surface area contributed by atoms with Gasteiger partial charge in [-0.25, -0.2) is 9.37 Å². The molecule has 0 saturated carbocycles. The van der Waals surface area contributed by atoms with E-state index < -0.39 is 0 Å². The van der Waals surface area contributed by atoms with Crippen LogP contribution < -0.4 is 14.5 Å². The molecule has 5 nitrogen and oxygen atoms in total. The molecule has 2 aromatic heterocycles. The van der Waals surface area contributed by atoms with E-state index in [1.54, 1.807) is 12.1 Å². The van der Waals surface area contributed by atoms with Crippen LogP contribution in [0.3, 0.4) is 0 Å². The Hall–Kier alpha value is -5.71. The Kier molecular flexibility index (Phi) is 9.09. The number of hydrogen-bond donors (Lipinski definition) is 0. The van der Waals surface area contributed by atoms with Crippen molar-refractivity contribution in [3.05, 3.63) is 175 Å². The molecule has 0 fully saturated rings. The van der Waals surface area contributed by atoms with Gasteiger partial charge < -0.3 is 19.1 Å². The van der Waals surface area contributed by atoms with Gasteiger partial charge in [0.05, 0.1) is 0 Å². The van der Waals surface area contributed by atoms with Crippen molar-refractivity contribution >= 4 is 44.6 Å². The average molecular weight is 873 g/mol. The van der Waals surface area contributed by atoms with Crippen LogP contribution in [0.2, 0.25) is 0 Å². The maximum Gasteiger partial charge on any atom is 0.135 e. The summed E-state index contributed by atoms with van der Waals surface area (Å²) in [5.41, 5.74) is 10.0. The molecule has 0 N–H and O–H groups in total. The van der Waals surface area contributed by atoms with Crippen LogP contribution in [0.4, 0.5) is 27.1 Å². The fraction of sp³-hybridized carbons (Fsp3) is 0.0870. The summed E-state index contributed by atoms with van der Waals surface area (Å²) in [6.45, 7) is 8.52. The summed E-state index contributed by atoms with van der Waals surface area (Å²) in [5, 5.41) is 2.20. The van der Waals surface area contributed by atoms with Gasteiger partial charge in [-0.2, -0.15) is 6.07 Å². The third kappa shape index (κ3) is 6.27. The number of aromatic nitrogens is 2.